The number of halogens is 4. The number of alkyl halides is 3. The Morgan fingerprint density at radius 1 is 1.09 bits per heavy atom. The molecule has 0 aromatic heterocycles. The number of carboxylic acids is 1. The fourth-order valence-electron chi connectivity index (χ4n) is 1.78. The maximum atomic E-state index is 12.8. The van der Waals surface area contributed by atoms with E-state index >= 15 is 0 Å². The molecule has 0 radical (unpaired) electrons. The Bertz CT molecular complexity index is 642. The van der Waals surface area contributed by atoms with Gasteiger partial charge in [0.2, 0.25) is 0 Å². The van der Waals surface area contributed by atoms with E-state index in [4.69, 9.17) is 9.84 Å². The lowest BCUT2D eigenvalue weighted by Crippen LogP contribution is -2.13. The highest BCUT2D eigenvalue weighted by Gasteiger charge is 2.35. The van der Waals surface area contributed by atoms with E-state index in [0.29, 0.717) is 6.07 Å². The van der Waals surface area contributed by atoms with Crippen LogP contribution in [0.4, 0.5) is 13.2 Å². The van der Waals surface area contributed by atoms with Crippen molar-refractivity contribution in [1.29, 1.82) is 0 Å². The molecule has 2 rings (SSSR count). The van der Waals surface area contributed by atoms with E-state index in [-0.39, 0.29) is 24.8 Å². The first-order valence-electron chi connectivity index (χ1n) is 5.99. The van der Waals surface area contributed by atoms with E-state index in [1.54, 1.807) is 24.3 Å². The molecule has 7 heteroatoms. The van der Waals surface area contributed by atoms with Crippen LogP contribution in [0.3, 0.4) is 0 Å². The molecule has 2 aromatic rings. The number of benzene rings is 2. The molecule has 0 heterocycles. The van der Waals surface area contributed by atoms with Crippen LogP contribution >= 0.6 is 12.4 Å². The Balaban J connectivity index is 0.00000242. The van der Waals surface area contributed by atoms with Crippen LogP contribution in [0.15, 0.2) is 48.5 Å². The summed E-state index contributed by atoms with van der Waals surface area (Å²) in [6.45, 7) is 0.102. The topological polar surface area (TPSA) is 46.5 Å². The van der Waals surface area contributed by atoms with Gasteiger partial charge in [-0.2, -0.15) is 13.2 Å². The lowest BCUT2D eigenvalue weighted by Gasteiger charge is -2.13. The summed E-state index contributed by atoms with van der Waals surface area (Å²) in [6.07, 6.45) is -4.75. The highest BCUT2D eigenvalue weighted by Crippen LogP contribution is 2.34. The fourth-order valence-corrected chi connectivity index (χ4v) is 1.78. The van der Waals surface area contributed by atoms with Gasteiger partial charge in [0.05, 0.1) is 11.1 Å². The molecule has 0 bridgehead atoms. The van der Waals surface area contributed by atoms with Crippen LogP contribution in [-0.2, 0) is 12.8 Å². The molecule has 3 nitrogen and oxygen atoms in total. The smallest absolute Gasteiger partial charge is 0.417 e. The summed E-state index contributed by atoms with van der Waals surface area (Å²) in [4.78, 5) is 10.8. The van der Waals surface area contributed by atoms with Gasteiger partial charge >= 0.3 is 12.1 Å². The molecule has 2 aromatic carbocycles. The van der Waals surface area contributed by atoms with Crippen molar-refractivity contribution >= 4 is 18.4 Å². The first-order valence-corrected chi connectivity index (χ1v) is 5.99. The Labute approximate surface area is 130 Å². The van der Waals surface area contributed by atoms with E-state index < -0.39 is 23.3 Å². The van der Waals surface area contributed by atoms with Crippen LogP contribution in [-0.4, -0.2) is 11.1 Å². The van der Waals surface area contributed by atoms with E-state index in [9.17, 15) is 18.0 Å². The lowest BCUT2D eigenvalue weighted by atomic mass is 10.1. The van der Waals surface area contributed by atoms with Crippen LogP contribution in [0.1, 0.15) is 21.5 Å². The summed E-state index contributed by atoms with van der Waals surface area (Å²) in [6, 6.07) is 11.7. The Kier molecular flexibility index (Phi) is 5.82. The minimum atomic E-state index is -4.75. The average molecular weight is 333 g/mol. The molecule has 0 saturated heterocycles. The zero-order valence-electron chi connectivity index (χ0n) is 11.1. The zero-order valence-corrected chi connectivity index (χ0v) is 11.9. The van der Waals surface area contributed by atoms with Crippen molar-refractivity contribution in [1.82, 2.24) is 0 Å². The number of aromatic carboxylic acids is 1. The molecule has 1 N–H and O–H groups in total. The molecule has 0 spiro atoms. The van der Waals surface area contributed by atoms with Crippen molar-refractivity contribution in [2.45, 2.75) is 12.8 Å². The minimum absolute atomic E-state index is 0. The molecule has 0 aliphatic carbocycles. The van der Waals surface area contributed by atoms with Gasteiger partial charge in [-0.05, 0) is 23.8 Å². The number of hydrogen-bond acceptors (Lipinski definition) is 2. The van der Waals surface area contributed by atoms with Gasteiger partial charge in [0, 0.05) is 0 Å². The lowest BCUT2D eigenvalue weighted by molar-refractivity contribution is -0.138. The van der Waals surface area contributed by atoms with Gasteiger partial charge in [-0.1, -0.05) is 30.3 Å². The van der Waals surface area contributed by atoms with Crippen LogP contribution in [0, 0.1) is 0 Å². The van der Waals surface area contributed by atoms with Gasteiger partial charge in [-0.15, -0.1) is 12.4 Å². The molecular weight excluding hydrogens is 321 g/mol. The number of rotatable bonds is 4. The summed E-state index contributed by atoms with van der Waals surface area (Å²) in [5.41, 5.74) is -1.22. The van der Waals surface area contributed by atoms with Gasteiger partial charge in [0.1, 0.15) is 12.4 Å². The predicted molar refractivity (Wildman–Crippen MR) is 76.4 cm³/mol. The van der Waals surface area contributed by atoms with Crippen molar-refractivity contribution in [3.8, 4) is 5.75 Å². The number of hydrogen-bond donors (Lipinski definition) is 1. The number of carboxylic acid groups (broad SMARTS) is 1. The van der Waals surface area contributed by atoms with Crippen molar-refractivity contribution in [2.75, 3.05) is 0 Å². The number of carbonyl (C=O) groups is 1. The van der Waals surface area contributed by atoms with Gasteiger partial charge < -0.3 is 9.84 Å². The zero-order chi connectivity index (χ0) is 15.5. The Morgan fingerprint density at radius 3 is 2.27 bits per heavy atom. The van der Waals surface area contributed by atoms with Crippen molar-refractivity contribution < 1.29 is 27.8 Å². The maximum Gasteiger partial charge on any atom is 0.417 e. The van der Waals surface area contributed by atoms with Crippen LogP contribution in [0.2, 0.25) is 0 Å². The van der Waals surface area contributed by atoms with E-state index in [2.05, 4.69) is 0 Å². The van der Waals surface area contributed by atoms with Crippen LogP contribution in [0.25, 0.3) is 0 Å². The Hall–Kier alpha value is -2.21. The van der Waals surface area contributed by atoms with Crippen LogP contribution < -0.4 is 4.74 Å². The largest absolute Gasteiger partial charge is 0.489 e. The monoisotopic (exact) mass is 332 g/mol. The second-order valence-corrected chi connectivity index (χ2v) is 4.28. The van der Waals surface area contributed by atoms with Crippen LogP contribution in [0.5, 0.6) is 5.75 Å². The molecule has 0 amide bonds. The summed E-state index contributed by atoms with van der Waals surface area (Å²) in [5, 5.41) is 8.79. The van der Waals surface area contributed by atoms with E-state index in [1.807, 2.05) is 6.07 Å². The quantitative estimate of drug-likeness (QED) is 0.902. The Morgan fingerprint density at radius 2 is 1.73 bits per heavy atom. The normalized spacial score (nSPS) is 10.7. The first kappa shape index (κ1) is 17.8. The summed E-state index contributed by atoms with van der Waals surface area (Å²) >= 11 is 0. The SMILES string of the molecule is Cl.O=C(O)c1ccc(OCc2ccccc2)cc1C(F)(F)F. The fraction of sp³-hybridized carbons (Fsp3) is 0.133. The third-order valence-corrected chi connectivity index (χ3v) is 2.78. The summed E-state index contributed by atoms with van der Waals surface area (Å²) in [5.74, 6) is -1.66. The van der Waals surface area contributed by atoms with Crippen molar-refractivity contribution in [2.24, 2.45) is 0 Å². The summed E-state index contributed by atoms with van der Waals surface area (Å²) in [7, 11) is 0. The van der Waals surface area contributed by atoms with Crippen molar-refractivity contribution in [3.63, 3.8) is 0 Å². The first-order chi connectivity index (χ1) is 9.88. The second-order valence-electron chi connectivity index (χ2n) is 4.28. The molecule has 0 aliphatic heterocycles. The highest BCUT2D eigenvalue weighted by molar-refractivity contribution is 5.89. The molecular formula is C15H12ClF3O3. The average Bonchev–Trinajstić information content (AvgIpc) is 2.45. The van der Waals surface area contributed by atoms with E-state index in [0.717, 1.165) is 11.6 Å². The van der Waals surface area contributed by atoms with Crippen molar-refractivity contribution in [3.05, 3.63) is 65.2 Å². The minimum Gasteiger partial charge on any atom is -0.489 e. The second kappa shape index (κ2) is 7.17. The molecule has 0 saturated carbocycles. The van der Waals surface area contributed by atoms with Gasteiger partial charge in [0.15, 0.2) is 0 Å². The van der Waals surface area contributed by atoms with Gasteiger partial charge in [0.25, 0.3) is 0 Å². The molecule has 0 atom stereocenters. The highest BCUT2D eigenvalue weighted by atomic mass is 35.5. The van der Waals surface area contributed by atoms with Gasteiger partial charge in [-0.3, -0.25) is 0 Å². The predicted octanol–water partition coefficient (Wildman–Crippen LogP) is 4.40. The molecule has 118 valence electrons. The molecule has 0 aliphatic rings. The maximum absolute atomic E-state index is 12.8. The standard InChI is InChI=1S/C15H11F3O3.ClH/c16-15(17,18)13-8-11(6-7-12(13)14(19)20)21-9-10-4-2-1-3-5-10;/h1-8H,9H2,(H,19,20);1H. The molecule has 0 fully saturated rings. The van der Waals surface area contributed by atoms with E-state index in [1.165, 1.54) is 6.07 Å². The molecule has 0 unspecified atom stereocenters. The number of ether oxygens (including phenoxy) is 1. The third kappa shape index (κ3) is 4.39. The summed E-state index contributed by atoms with van der Waals surface area (Å²) < 4.78 is 43.8. The van der Waals surface area contributed by atoms with Gasteiger partial charge in [-0.25, -0.2) is 4.79 Å². The third-order valence-electron chi connectivity index (χ3n) is 2.78. The molecule has 22 heavy (non-hydrogen) atoms.